The minimum atomic E-state index is 0.452. The summed E-state index contributed by atoms with van der Waals surface area (Å²) in [6.45, 7) is 7.97. The maximum absolute atomic E-state index is 5.88. The highest BCUT2D eigenvalue weighted by molar-refractivity contribution is 5.48. The van der Waals surface area contributed by atoms with Crippen molar-refractivity contribution in [1.29, 1.82) is 0 Å². The summed E-state index contributed by atoms with van der Waals surface area (Å²) in [5.74, 6) is 8.37. The summed E-state index contributed by atoms with van der Waals surface area (Å²) in [6, 6.07) is 8.01. The van der Waals surface area contributed by atoms with Crippen LogP contribution in [-0.4, -0.2) is 9.97 Å². The van der Waals surface area contributed by atoms with Crippen molar-refractivity contribution in [2.45, 2.75) is 33.6 Å². The van der Waals surface area contributed by atoms with Crippen molar-refractivity contribution in [2.24, 2.45) is 5.84 Å². The van der Waals surface area contributed by atoms with E-state index in [0.717, 1.165) is 11.3 Å². The van der Waals surface area contributed by atoms with Crippen molar-refractivity contribution in [3.8, 4) is 11.6 Å². The van der Waals surface area contributed by atoms with Crippen LogP contribution < -0.4 is 16.0 Å². The molecule has 5 nitrogen and oxygen atoms in total. The van der Waals surface area contributed by atoms with Gasteiger partial charge < -0.3 is 10.2 Å². The Bertz CT molecular complexity index is 611. The van der Waals surface area contributed by atoms with Gasteiger partial charge in [-0.15, -0.1) is 0 Å². The summed E-state index contributed by atoms with van der Waals surface area (Å²) in [5.41, 5.74) is 4.57. The molecule has 0 spiro atoms. The summed E-state index contributed by atoms with van der Waals surface area (Å²) in [4.78, 5) is 8.53. The molecule has 2 rings (SSSR count). The summed E-state index contributed by atoms with van der Waals surface area (Å²) < 4.78 is 5.88. The first kappa shape index (κ1) is 14.3. The van der Waals surface area contributed by atoms with Crippen LogP contribution >= 0.6 is 0 Å². The maximum atomic E-state index is 5.88. The van der Waals surface area contributed by atoms with E-state index in [0.29, 0.717) is 23.4 Å². The van der Waals surface area contributed by atoms with Gasteiger partial charge in [-0.25, -0.2) is 10.8 Å². The van der Waals surface area contributed by atoms with E-state index in [9.17, 15) is 0 Å². The Labute approximate surface area is 119 Å². The Morgan fingerprint density at radius 3 is 2.60 bits per heavy atom. The summed E-state index contributed by atoms with van der Waals surface area (Å²) >= 11 is 0. The molecule has 0 saturated heterocycles. The molecule has 0 bridgehead atoms. The highest BCUT2D eigenvalue weighted by Crippen LogP contribution is 2.28. The van der Waals surface area contributed by atoms with Gasteiger partial charge in [0.15, 0.2) is 0 Å². The van der Waals surface area contributed by atoms with Crippen LogP contribution in [0.4, 0.5) is 5.82 Å². The van der Waals surface area contributed by atoms with Gasteiger partial charge in [-0.3, -0.25) is 0 Å². The third kappa shape index (κ3) is 3.05. The van der Waals surface area contributed by atoms with Gasteiger partial charge in [0.2, 0.25) is 5.88 Å². The Hall–Kier alpha value is -2.14. The fourth-order valence-electron chi connectivity index (χ4n) is 1.89. The van der Waals surface area contributed by atoms with E-state index in [1.807, 2.05) is 25.1 Å². The molecule has 0 saturated carbocycles. The largest absolute Gasteiger partial charge is 0.439 e. The molecule has 1 aromatic heterocycles. The average molecular weight is 272 g/mol. The lowest BCUT2D eigenvalue weighted by Gasteiger charge is -2.13. The number of nitrogens with two attached hydrogens (primary N) is 1. The summed E-state index contributed by atoms with van der Waals surface area (Å²) in [6.07, 6.45) is 0. The van der Waals surface area contributed by atoms with Crippen molar-refractivity contribution in [1.82, 2.24) is 9.97 Å². The molecule has 0 atom stereocenters. The first-order chi connectivity index (χ1) is 9.51. The number of anilines is 1. The number of nitrogens with zero attached hydrogens (tertiary/aromatic N) is 2. The minimum absolute atomic E-state index is 0.452. The molecule has 0 amide bonds. The zero-order valence-corrected chi connectivity index (χ0v) is 12.3. The first-order valence-corrected chi connectivity index (χ1v) is 6.61. The van der Waals surface area contributed by atoms with Crippen molar-refractivity contribution < 1.29 is 4.74 Å². The van der Waals surface area contributed by atoms with Crippen LogP contribution in [0, 0.1) is 13.8 Å². The Kier molecular flexibility index (Phi) is 4.20. The fraction of sp³-hybridized carbons (Fsp3) is 0.333. The van der Waals surface area contributed by atoms with E-state index < -0.39 is 0 Å². The maximum Gasteiger partial charge on any atom is 0.227 e. The monoisotopic (exact) mass is 272 g/mol. The van der Waals surface area contributed by atoms with Crippen molar-refractivity contribution >= 4 is 5.82 Å². The van der Waals surface area contributed by atoms with E-state index in [-0.39, 0.29) is 0 Å². The van der Waals surface area contributed by atoms with Crippen LogP contribution in [0.1, 0.15) is 36.7 Å². The van der Waals surface area contributed by atoms with Gasteiger partial charge in [0.25, 0.3) is 0 Å². The van der Waals surface area contributed by atoms with Gasteiger partial charge in [-0.1, -0.05) is 26.0 Å². The van der Waals surface area contributed by atoms with E-state index in [1.54, 1.807) is 6.92 Å². The zero-order chi connectivity index (χ0) is 14.7. The van der Waals surface area contributed by atoms with Crippen molar-refractivity contribution in [2.75, 3.05) is 5.43 Å². The number of nitrogens with one attached hydrogen (secondary N) is 1. The number of aryl methyl sites for hydroxylation is 1. The molecule has 0 radical (unpaired) electrons. The molecular formula is C15H20N4O. The molecule has 20 heavy (non-hydrogen) atoms. The molecule has 5 heteroatoms. The smallest absolute Gasteiger partial charge is 0.227 e. The van der Waals surface area contributed by atoms with Crippen molar-refractivity contribution in [3.63, 3.8) is 0 Å². The summed E-state index contributed by atoms with van der Waals surface area (Å²) in [5, 5.41) is 0. The highest BCUT2D eigenvalue weighted by atomic mass is 16.5. The number of aromatic nitrogens is 2. The molecule has 3 N–H and O–H groups in total. The lowest BCUT2D eigenvalue weighted by molar-refractivity contribution is 0.455. The Morgan fingerprint density at radius 2 is 1.95 bits per heavy atom. The highest BCUT2D eigenvalue weighted by Gasteiger charge is 2.11. The number of nitrogen functional groups attached to an aromatic ring is 1. The number of ether oxygens (including phenoxy) is 1. The van der Waals surface area contributed by atoms with Gasteiger partial charge in [0.1, 0.15) is 17.4 Å². The molecule has 0 fully saturated rings. The molecule has 0 aliphatic rings. The van der Waals surface area contributed by atoms with Crippen LogP contribution in [0.15, 0.2) is 24.3 Å². The molecule has 1 heterocycles. The van der Waals surface area contributed by atoms with Gasteiger partial charge in [-0.05, 0) is 37.5 Å². The van der Waals surface area contributed by atoms with Gasteiger partial charge in [-0.2, -0.15) is 4.98 Å². The Morgan fingerprint density at radius 1 is 1.20 bits per heavy atom. The number of hydrogen-bond donors (Lipinski definition) is 2. The molecule has 106 valence electrons. The lowest BCUT2D eigenvalue weighted by atomic mass is 10.0. The zero-order valence-electron chi connectivity index (χ0n) is 12.3. The molecule has 2 aromatic rings. The Balaban J connectivity index is 2.35. The standard InChI is InChI=1S/C15H20N4O/c1-9(2)12-6-5-7-13(8-12)20-15-10(3)14(19-16)17-11(4)18-15/h5-9H,16H2,1-4H3,(H,17,18,19). The lowest BCUT2D eigenvalue weighted by Crippen LogP contribution is -2.12. The number of rotatable bonds is 4. The molecular weight excluding hydrogens is 252 g/mol. The molecule has 0 unspecified atom stereocenters. The molecule has 1 aromatic carbocycles. The van der Waals surface area contributed by atoms with E-state index >= 15 is 0 Å². The third-order valence-electron chi connectivity index (χ3n) is 3.09. The quantitative estimate of drug-likeness (QED) is 0.660. The van der Waals surface area contributed by atoms with Gasteiger partial charge >= 0.3 is 0 Å². The van der Waals surface area contributed by atoms with E-state index in [4.69, 9.17) is 10.6 Å². The fourth-order valence-corrected chi connectivity index (χ4v) is 1.89. The second-order valence-corrected chi connectivity index (χ2v) is 5.02. The predicted molar refractivity (Wildman–Crippen MR) is 79.9 cm³/mol. The number of hydrogen-bond acceptors (Lipinski definition) is 5. The summed E-state index contributed by atoms with van der Waals surface area (Å²) in [7, 11) is 0. The second-order valence-electron chi connectivity index (χ2n) is 5.02. The second kappa shape index (κ2) is 5.88. The third-order valence-corrected chi connectivity index (χ3v) is 3.09. The van der Waals surface area contributed by atoms with E-state index in [2.05, 4.69) is 35.3 Å². The molecule has 0 aliphatic carbocycles. The van der Waals surface area contributed by atoms with Crippen LogP contribution in [0.25, 0.3) is 0 Å². The van der Waals surface area contributed by atoms with Crippen molar-refractivity contribution in [3.05, 3.63) is 41.2 Å². The van der Waals surface area contributed by atoms with Crippen LogP contribution in [-0.2, 0) is 0 Å². The first-order valence-electron chi connectivity index (χ1n) is 6.61. The van der Waals surface area contributed by atoms with Crippen LogP contribution in [0.3, 0.4) is 0 Å². The van der Waals surface area contributed by atoms with E-state index in [1.165, 1.54) is 5.56 Å². The average Bonchev–Trinajstić information content (AvgIpc) is 2.42. The molecule has 0 aliphatic heterocycles. The number of hydrazine groups is 1. The van der Waals surface area contributed by atoms with Crippen LogP contribution in [0.5, 0.6) is 11.6 Å². The van der Waals surface area contributed by atoms with Crippen LogP contribution in [0.2, 0.25) is 0 Å². The topological polar surface area (TPSA) is 73.1 Å². The predicted octanol–water partition coefficient (Wildman–Crippen LogP) is 3.29. The normalized spacial score (nSPS) is 10.7. The SMILES string of the molecule is Cc1nc(NN)c(C)c(Oc2cccc(C(C)C)c2)n1. The number of benzene rings is 1. The van der Waals surface area contributed by atoms with Gasteiger partial charge in [0, 0.05) is 0 Å². The minimum Gasteiger partial charge on any atom is -0.439 e. The van der Waals surface area contributed by atoms with Gasteiger partial charge in [0.05, 0.1) is 5.56 Å².